The SMILES string of the molecule is Cc1ccccc1CC(=O)N1CCN(CC(=O)NCCc2cccc3cccnc23)CC1. The van der Waals surface area contributed by atoms with E-state index in [1.807, 2.05) is 48.2 Å². The number of nitrogens with one attached hydrogen (secondary N) is 1. The molecule has 1 aliphatic rings. The Hall–Kier alpha value is -3.25. The van der Waals surface area contributed by atoms with Crippen LogP contribution >= 0.6 is 0 Å². The van der Waals surface area contributed by atoms with E-state index in [2.05, 4.69) is 33.4 Å². The highest BCUT2D eigenvalue weighted by atomic mass is 16.2. The van der Waals surface area contributed by atoms with Gasteiger partial charge in [-0.2, -0.15) is 0 Å². The summed E-state index contributed by atoms with van der Waals surface area (Å²) in [6.45, 7) is 5.77. The number of rotatable bonds is 7. The van der Waals surface area contributed by atoms with Crippen molar-refractivity contribution >= 4 is 22.7 Å². The van der Waals surface area contributed by atoms with Gasteiger partial charge >= 0.3 is 0 Å². The highest BCUT2D eigenvalue weighted by Crippen LogP contribution is 2.16. The zero-order valence-corrected chi connectivity index (χ0v) is 18.6. The highest BCUT2D eigenvalue weighted by molar-refractivity contribution is 5.82. The molecule has 0 saturated carbocycles. The number of hydrogen-bond acceptors (Lipinski definition) is 4. The first-order valence-corrected chi connectivity index (χ1v) is 11.2. The maximum absolute atomic E-state index is 12.6. The number of carbonyl (C=O) groups is 2. The lowest BCUT2D eigenvalue weighted by molar-refractivity contribution is -0.132. The number of aromatic nitrogens is 1. The molecule has 0 unspecified atom stereocenters. The minimum absolute atomic E-state index is 0.0258. The first kappa shape index (κ1) is 22.0. The summed E-state index contributed by atoms with van der Waals surface area (Å²) in [4.78, 5) is 33.6. The van der Waals surface area contributed by atoms with Crippen LogP contribution < -0.4 is 5.32 Å². The Morgan fingerprint density at radius 1 is 0.938 bits per heavy atom. The first-order valence-electron chi connectivity index (χ1n) is 11.2. The number of carbonyl (C=O) groups excluding carboxylic acids is 2. The molecule has 0 aliphatic carbocycles. The van der Waals surface area contributed by atoms with E-state index in [0.717, 1.165) is 47.1 Å². The molecule has 1 N–H and O–H groups in total. The Labute approximate surface area is 189 Å². The Kier molecular flexibility index (Phi) is 7.12. The minimum atomic E-state index is 0.0258. The van der Waals surface area contributed by atoms with Crippen LogP contribution in [0.25, 0.3) is 10.9 Å². The molecule has 2 heterocycles. The van der Waals surface area contributed by atoms with Crippen molar-refractivity contribution in [1.29, 1.82) is 0 Å². The van der Waals surface area contributed by atoms with E-state index in [1.165, 1.54) is 0 Å². The molecule has 2 aromatic carbocycles. The second-order valence-corrected chi connectivity index (χ2v) is 8.35. The monoisotopic (exact) mass is 430 g/mol. The fraction of sp³-hybridized carbons (Fsp3) is 0.346. The lowest BCUT2D eigenvalue weighted by atomic mass is 10.1. The van der Waals surface area contributed by atoms with E-state index in [-0.39, 0.29) is 11.8 Å². The van der Waals surface area contributed by atoms with Crippen molar-refractivity contribution in [3.05, 3.63) is 77.5 Å². The van der Waals surface area contributed by atoms with Crippen LogP contribution in [0.1, 0.15) is 16.7 Å². The molecule has 0 spiro atoms. The number of amides is 2. The third-order valence-corrected chi connectivity index (χ3v) is 6.13. The van der Waals surface area contributed by atoms with E-state index < -0.39 is 0 Å². The largest absolute Gasteiger partial charge is 0.355 e. The maximum atomic E-state index is 12.6. The fourth-order valence-corrected chi connectivity index (χ4v) is 4.20. The molecule has 0 radical (unpaired) electrons. The molecule has 1 aliphatic heterocycles. The second-order valence-electron chi connectivity index (χ2n) is 8.35. The van der Waals surface area contributed by atoms with Crippen LogP contribution in [0.3, 0.4) is 0 Å². The van der Waals surface area contributed by atoms with Gasteiger partial charge in [-0.1, -0.05) is 48.5 Å². The third kappa shape index (κ3) is 5.51. The van der Waals surface area contributed by atoms with Gasteiger partial charge in [0, 0.05) is 44.3 Å². The number of para-hydroxylation sites is 1. The molecule has 1 fully saturated rings. The van der Waals surface area contributed by atoms with E-state index in [9.17, 15) is 9.59 Å². The quantitative estimate of drug-likeness (QED) is 0.626. The van der Waals surface area contributed by atoms with Gasteiger partial charge in [0.1, 0.15) is 0 Å². The van der Waals surface area contributed by atoms with Crippen molar-refractivity contribution < 1.29 is 9.59 Å². The molecule has 1 aromatic heterocycles. The number of hydrogen-bond donors (Lipinski definition) is 1. The van der Waals surface area contributed by atoms with Crippen molar-refractivity contribution in [1.82, 2.24) is 20.1 Å². The number of pyridine rings is 1. The Balaban J connectivity index is 1.19. The lowest BCUT2D eigenvalue weighted by Crippen LogP contribution is -2.51. The minimum Gasteiger partial charge on any atom is -0.355 e. The molecular formula is C26H30N4O2. The number of benzene rings is 2. The predicted octanol–water partition coefficient (Wildman–Crippen LogP) is 2.59. The van der Waals surface area contributed by atoms with Crippen LogP contribution in [-0.4, -0.2) is 65.9 Å². The van der Waals surface area contributed by atoms with Gasteiger partial charge in [-0.05, 0) is 36.1 Å². The van der Waals surface area contributed by atoms with Gasteiger partial charge in [0.25, 0.3) is 0 Å². The van der Waals surface area contributed by atoms with Crippen molar-refractivity contribution in [2.24, 2.45) is 0 Å². The Morgan fingerprint density at radius 3 is 2.50 bits per heavy atom. The van der Waals surface area contributed by atoms with Gasteiger partial charge in [0.15, 0.2) is 0 Å². The first-order chi connectivity index (χ1) is 15.6. The van der Waals surface area contributed by atoms with Gasteiger partial charge in [0.2, 0.25) is 11.8 Å². The van der Waals surface area contributed by atoms with Crippen LogP contribution in [0.15, 0.2) is 60.8 Å². The summed E-state index contributed by atoms with van der Waals surface area (Å²) in [7, 11) is 0. The van der Waals surface area contributed by atoms with E-state index in [4.69, 9.17) is 0 Å². The Morgan fingerprint density at radius 2 is 1.69 bits per heavy atom. The maximum Gasteiger partial charge on any atom is 0.234 e. The summed E-state index contributed by atoms with van der Waals surface area (Å²) in [5.41, 5.74) is 4.37. The molecule has 6 nitrogen and oxygen atoms in total. The van der Waals surface area contributed by atoms with Crippen LogP contribution in [0, 0.1) is 6.92 Å². The summed E-state index contributed by atoms with van der Waals surface area (Å²) in [6.07, 6.45) is 2.99. The van der Waals surface area contributed by atoms with Gasteiger partial charge in [-0.3, -0.25) is 19.5 Å². The van der Waals surface area contributed by atoms with Crippen molar-refractivity contribution in [3.63, 3.8) is 0 Å². The molecule has 32 heavy (non-hydrogen) atoms. The number of piperazine rings is 1. The van der Waals surface area contributed by atoms with Crippen molar-refractivity contribution in [2.75, 3.05) is 39.3 Å². The van der Waals surface area contributed by atoms with Gasteiger partial charge in [-0.15, -0.1) is 0 Å². The molecule has 1 saturated heterocycles. The topological polar surface area (TPSA) is 65.5 Å². The predicted molar refractivity (Wildman–Crippen MR) is 126 cm³/mol. The summed E-state index contributed by atoms with van der Waals surface area (Å²) in [6, 6.07) is 18.2. The molecule has 2 amide bonds. The number of fused-ring (bicyclic) bond motifs is 1. The van der Waals surface area contributed by atoms with Gasteiger partial charge in [0.05, 0.1) is 18.5 Å². The molecule has 0 atom stereocenters. The van der Waals surface area contributed by atoms with E-state index in [0.29, 0.717) is 32.6 Å². The van der Waals surface area contributed by atoms with E-state index >= 15 is 0 Å². The molecule has 4 rings (SSSR count). The lowest BCUT2D eigenvalue weighted by Gasteiger charge is -2.34. The highest BCUT2D eigenvalue weighted by Gasteiger charge is 2.22. The van der Waals surface area contributed by atoms with Crippen LogP contribution in [0.2, 0.25) is 0 Å². The molecule has 6 heteroatoms. The zero-order valence-electron chi connectivity index (χ0n) is 18.6. The standard InChI is InChI=1S/C26H30N4O2/c1-20-6-2-3-7-23(20)18-25(32)30-16-14-29(15-17-30)19-24(31)27-13-11-22-9-4-8-21-10-5-12-28-26(21)22/h2-10,12H,11,13-19H2,1H3,(H,27,31). The average Bonchev–Trinajstić information content (AvgIpc) is 2.81. The van der Waals surface area contributed by atoms with Crippen LogP contribution in [0.4, 0.5) is 0 Å². The summed E-state index contributed by atoms with van der Waals surface area (Å²) < 4.78 is 0. The molecule has 166 valence electrons. The fourth-order valence-electron chi connectivity index (χ4n) is 4.20. The van der Waals surface area contributed by atoms with E-state index in [1.54, 1.807) is 6.20 Å². The number of aryl methyl sites for hydroxylation is 1. The zero-order chi connectivity index (χ0) is 22.3. The molecule has 3 aromatic rings. The van der Waals surface area contributed by atoms with Crippen LogP contribution in [-0.2, 0) is 22.4 Å². The Bertz CT molecular complexity index is 1080. The van der Waals surface area contributed by atoms with Crippen LogP contribution in [0.5, 0.6) is 0 Å². The second kappa shape index (κ2) is 10.4. The molecular weight excluding hydrogens is 400 g/mol. The smallest absolute Gasteiger partial charge is 0.234 e. The average molecular weight is 431 g/mol. The summed E-state index contributed by atoms with van der Waals surface area (Å²) in [5, 5.41) is 4.14. The normalized spacial score (nSPS) is 14.5. The third-order valence-electron chi connectivity index (χ3n) is 6.13. The van der Waals surface area contributed by atoms with Crippen molar-refractivity contribution in [2.45, 2.75) is 19.8 Å². The summed E-state index contributed by atoms with van der Waals surface area (Å²) in [5.74, 6) is 0.185. The van der Waals surface area contributed by atoms with Gasteiger partial charge < -0.3 is 10.2 Å². The number of nitrogens with zero attached hydrogens (tertiary/aromatic N) is 3. The molecule has 0 bridgehead atoms. The van der Waals surface area contributed by atoms with Gasteiger partial charge in [-0.25, -0.2) is 0 Å². The summed E-state index contributed by atoms with van der Waals surface area (Å²) >= 11 is 0. The van der Waals surface area contributed by atoms with Crippen molar-refractivity contribution in [3.8, 4) is 0 Å².